The number of aryl methyl sites for hydroxylation is 1. The van der Waals surface area contributed by atoms with E-state index in [0.717, 1.165) is 54.6 Å². The molecular weight excluding hydrogens is 342 g/mol. The molecule has 4 amide bonds. The second-order valence-corrected chi connectivity index (χ2v) is 7.70. The fourth-order valence-corrected chi connectivity index (χ4v) is 4.19. The van der Waals surface area contributed by atoms with Gasteiger partial charge < -0.3 is 10.6 Å². The number of carbonyl (C=O) groups excluding carboxylic acids is 3. The number of nitrogens with zero attached hydrogens (tertiary/aromatic N) is 1. The molecule has 27 heavy (non-hydrogen) atoms. The topological polar surface area (TPSA) is 78.5 Å². The highest BCUT2D eigenvalue weighted by Crippen LogP contribution is 2.39. The first-order valence-corrected chi connectivity index (χ1v) is 10.00. The average molecular weight is 371 g/mol. The fraction of sp³-hybridized carbons (Fsp3) is 0.571. The number of amides is 4. The molecule has 0 bridgehead atoms. The number of hydrogen-bond acceptors (Lipinski definition) is 3. The minimum absolute atomic E-state index is 0.0363. The Balaban J connectivity index is 1.68. The van der Waals surface area contributed by atoms with E-state index in [2.05, 4.69) is 17.6 Å². The van der Waals surface area contributed by atoms with E-state index in [4.69, 9.17) is 0 Å². The Morgan fingerprint density at radius 1 is 1.30 bits per heavy atom. The number of unbranched alkanes of at least 4 members (excludes halogenated alkanes) is 2. The van der Waals surface area contributed by atoms with Crippen molar-refractivity contribution >= 4 is 17.8 Å². The zero-order valence-electron chi connectivity index (χ0n) is 16.2. The highest BCUT2D eigenvalue weighted by Gasteiger charge is 2.54. The van der Waals surface area contributed by atoms with E-state index < -0.39 is 11.6 Å². The van der Waals surface area contributed by atoms with Crippen LogP contribution in [0.2, 0.25) is 0 Å². The third-order valence-corrected chi connectivity index (χ3v) is 5.60. The van der Waals surface area contributed by atoms with Crippen LogP contribution >= 0.6 is 0 Å². The van der Waals surface area contributed by atoms with Gasteiger partial charge in [-0.3, -0.25) is 14.5 Å². The summed E-state index contributed by atoms with van der Waals surface area (Å²) in [6.07, 6.45) is 6.52. The fourth-order valence-electron chi connectivity index (χ4n) is 4.19. The van der Waals surface area contributed by atoms with Crippen LogP contribution in [0.1, 0.15) is 63.5 Å². The molecule has 6 nitrogen and oxygen atoms in total. The molecule has 1 spiro atoms. The minimum Gasteiger partial charge on any atom is -0.352 e. The molecule has 3 rings (SSSR count). The molecule has 1 aliphatic carbocycles. The van der Waals surface area contributed by atoms with Gasteiger partial charge in [0.25, 0.3) is 5.91 Å². The first-order valence-electron chi connectivity index (χ1n) is 10.00. The number of benzene rings is 1. The van der Waals surface area contributed by atoms with E-state index in [1.54, 1.807) is 0 Å². The van der Waals surface area contributed by atoms with E-state index in [-0.39, 0.29) is 24.4 Å². The van der Waals surface area contributed by atoms with Gasteiger partial charge >= 0.3 is 6.03 Å². The largest absolute Gasteiger partial charge is 0.352 e. The Kier molecular flexibility index (Phi) is 5.82. The zero-order chi connectivity index (χ0) is 19.4. The Labute approximate surface area is 160 Å². The molecule has 0 aromatic heterocycles. The maximum atomic E-state index is 13.2. The SMILES string of the molecule is CCCCC[C@@H](C)NC(=O)CN1C(=O)N[C@]2(CCCc3ccccc32)C1=O. The normalized spacial score (nSPS) is 22.5. The number of hydrogen-bond donors (Lipinski definition) is 2. The van der Waals surface area contributed by atoms with Crippen molar-refractivity contribution in [1.82, 2.24) is 15.5 Å². The Bertz CT molecular complexity index is 733. The first kappa shape index (κ1) is 19.4. The van der Waals surface area contributed by atoms with Crippen molar-refractivity contribution < 1.29 is 14.4 Å². The van der Waals surface area contributed by atoms with E-state index in [1.807, 2.05) is 31.2 Å². The molecule has 1 fully saturated rings. The van der Waals surface area contributed by atoms with Gasteiger partial charge in [-0.15, -0.1) is 0 Å². The van der Waals surface area contributed by atoms with Crippen molar-refractivity contribution in [3.05, 3.63) is 35.4 Å². The second-order valence-electron chi connectivity index (χ2n) is 7.70. The van der Waals surface area contributed by atoms with Gasteiger partial charge in [0.05, 0.1) is 0 Å². The molecule has 0 saturated carbocycles. The predicted molar refractivity (Wildman–Crippen MR) is 103 cm³/mol. The molecular formula is C21H29N3O3. The van der Waals surface area contributed by atoms with Crippen LogP contribution in [0.5, 0.6) is 0 Å². The maximum absolute atomic E-state index is 13.2. The molecule has 1 saturated heterocycles. The van der Waals surface area contributed by atoms with Gasteiger partial charge in [0.15, 0.2) is 0 Å². The van der Waals surface area contributed by atoms with Crippen molar-refractivity contribution in [2.24, 2.45) is 0 Å². The van der Waals surface area contributed by atoms with Crippen LogP contribution < -0.4 is 10.6 Å². The van der Waals surface area contributed by atoms with Crippen molar-refractivity contribution in [2.45, 2.75) is 70.4 Å². The van der Waals surface area contributed by atoms with Crippen LogP contribution in [0.3, 0.4) is 0 Å². The second kappa shape index (κ2) is 8.11. The van der Waals surface area contributed by atoms with Gasteiger partial charge in [0, 0.05) is 6.04 Å². The van der Waals surface area contributed by atoms with Crippen LogP contribution in [-0.4, -0.2) is 35.3 Å². The molecule has 1 aromatic carbocycles. The number of imide groups is 1. The molecule has 0 unspecified atom stereocenters. The lowest BCUT2D eigenvalue weighted by Crippen LogP contribution is -2.47. The molecule has 2 aliphatic rings. The summed E-state index contributed by atoms with van der Waals surface area (Å²) in [5, 5.41) is 5.79. The molecule has 146 valence electrons. The monoisotopic (exact) mass is 371 g/mol. The molecule has 0 radical (unpaired) electrons. The Hall–Kier alpha value is -2.37. The number of carbonyl (C=O) groups is 3. The lowest BCUT2D eigenvalue weighted by molar-refractivity contribution is -0.135. The molecule has 2 atom stereocenters. The van der Waals surface area contributed by atoms with E-state index >= 15 is 0 Å². The van der Waals surface area contributed by atoms with Gasteiger partial charge in [-0.2, -0.15) is 0 Å². The standard InChI is InChI=1S/C21H29N3O3/c1-3-4-5-9-15(2)22-18(25)14-24-19(26)21(23-20(24)27)13-8-11-16-10-6-7-12-17(16)21/h6-7,10,12,15H,3-5,8-9,11,13-14H2,1-2H3,(H,22,25)(H,23,27)/t15-,21+/m1/s1. The zero-order valence-corrected chi connectivity index (χ0v) is 16.2. The van der Waals surface area contributed by atoms with Gasteiger partial charge in [-0.25, -0.2) is 4.79 Å². The van der Waals surface area contributed by atoms with Crippen LogP contribution in [0, 0.1) is 0 Å². The van der Waals surface area contributed by atoms with Crippen molar-refractivity contribution in [3.8, 4) is 0 Å². The minimum atomic E-state index is -1.01. The third kappa shape index (κ3) is 3.84. The molecule has 1 aromatic rings. The van der Waals surface area contributed by atoms with Crippen molar-refractivity contribution in [3.63, 3.8) is 0 Å². The molecule has 1 aliphatic heterocycles. The Morgan fingerprint density at radius 3 is 2.85 bits per heavy atom. The summed E-state index contributed by atoms with van der Waals surface area (Å²) in [5.74, 6) is -0.600. The summed E-state index contributed by atoms with van der Waals surface area (Å²) in [4.78, 5) is 39.1. The van der Waals surface area contributed by atoms with Gasteiger partial charge in [0.1, 0.15) is 12.1 Å². The summed E-state index contributed by atoms with van der Waals surface area (Å²) in [5.41, 5.74) is 0.942. The number of nitrogens with one attached hydrogen (secondary N) is 2. The molecule has 2 N–H and O–H groups in total. The first-order chi connectivity index (χ1) is 13.0. The summed E-state index contributed by atoms with van der Waals surface area (Å²) in [6.45, 7) is 3.87. The predicted octanol–water partition coefficient (Wildman–Crippen LogP) is 2.86. The lowest BCUT2D eigenvalue weighted by Gasteiger charge is -2.33. The smallest absolute Gasteiger partial charge is 0.325 e. The summed E-state index contributed by atoms with van der Waals surface area (Å²) in [6, 6.07) is 7.30. The van der Waals surface area contributed by atoms with E-state index in [9.17, 15) is 14.4 Å². The van der Waals surface area contributed by atoms with Gasteiger partial charge in [-0.05, 0) is 43.7 Å². The highest BCUT2D eigenvalue weighted by molar-refractivity contribution is 6.09. The summed E-state index contributed by atoms with van der Waals surface area (Å²) >= 11 is 0. The highest BCUT2D eigenvalue weighted by atomic mass is 16.2. The average Bonchev–Trinajstić information content (AvgIpc) is 2.87. The third-order valence-electron chi connectivity index (χ3n) is 5.60. The van der Waals surface area contributed by atoms with E-state index in [0.29, 0.717) is 6.42 Å². The van der Waals surface area contributed by atoms with Crippen LogP contribution in [0.15, 0.2) is 24.3 Å². The molecule has 1 heterocycles. The summed E-state index contributed by atoms with van der Waals surface area (Å²) < 4.78 is 0. The van der Waals surface area contributed by atoms with Crippen LogP contribution in [-0.2, 0) is 21.5 Å². The van der Waals surface area contributed by atoms with Crippen molar-refractivity contribution in [2.75, 3.05) is 6.54 Å². The number of rotatable bonds is 7. The lowest BCUT2D eigenvalue weighted by atomic mass is 9.76. The number of fused-ring (bicyclic) bond motifs is 2. The summed E-state index contributed by atoms with van der Waals surface area (Å²) in [7, 11) is 0. The molecule has 6 heteroatoms. The van der Waals surface area contributed by atoms with Crippen molar-refractivity contribution in [1.29, 1.82) is 0 Å². The van der Waals surface area contributed by atoms with Gasteiger partial charge in [0.2, 0.25) is 5.91 Å². The van der Waals surface area contributed by atoms with Crippen LogP contribution in [0.25, 0.3) is 0 Å². The quantitative estimate of drug-likeness (QED) is 0.571. The van der Waals surface area contributed by atoms with E-state index in [1.165, 1.54) is 0 Å². The maximum Gasteiger partial charge on any atom is 0.325 e. The number of urea groups is 1. The van der Waals surface area contributed by atoms with Gasteiger partial charge in [-0.1, -0.05) is 50.5 Å². The Morgan fingerprint density at radius 2 is 2.07 bits per heavy atom. The van der Waals surface area contributed by atoms with Crippen LogP contribution in [0.4, 0.5) is 4.79 Å².